The van der Waals surface area contributed by atoms with Crippen LogP contribution in [0.25, 0.3) is 0 Å². The van der Waals surface area contributed by atoms with Crippen LogP contribution in [0, 0.1) is 5.41 Å². The maximum Gasteiger partial charge on any atom is 0.00469 e. The zero-order valence-corrected chi connectivity index (χ0v) is 8.72. The number of rotatable bonds is 1. The molecule has 0 bridgehead atoms. The van der Waals surface area contributed by atoms with Crippen LogP contribution in [0.15, 0.2) is 30.3 Å². The highest BCUT2D eigenvalue weighted by Crippen LogP contribution is 2.59. The molecule has 2 aliphatic rings. The van der Waals surface area contributed by atoms with Crippen molar-refractivity contribution in [1.29, 1.82) is 0 Å². The van der Waals surface area contributed by atoms with E-state index in [0.717, 1.165) is 0 Å². The van der Waals surface area contributed by atoms with Crippen LogP contribution in [0.2, 0.25) is 0 Å². The van der Waals surface area contributed by atoms with Gasteiger partial charge in [-0.25, -0.2) is 0 Å². The topological polar surface area (TPSA) is 12.0 Å². The Morgan fingerprint density at radius 2 is 1.79 bits per heavy atom. The molecule has 1 spiro atoms. The van der Waals surface area contributed by atoms with Gasteiger partial charge in [-0.05, 0) is 18.4 Å². The van der Waals surface area contributed by atoms with Crippen LogP contribution < -0.4 is 5.32 Å². The van der Waals surface area contributed by atoms with Gasteiger partial charge >= 0.3 is 0 Å². The molecule has 74 valence electrons. The van der Waals surface area contributed by atoms with Crippen molar-refractivity contribution in [3.05, 3.63) is 35.9 Å². The van der Waals surface area contributed by atoms with Gasteiger partial charge in [0.05, 0.1) is 0 Å². The van der Waals surface area contributed by atoms with Crippen molar-refractivity contribution >= 4 is 0 Å². The Balaban J connectivity index is 1.98. The minimum absolute atomic E-state index is 0.444. The van der Waals surface area contributed by atoms with Gasteiger partial charge in [0.2, 0.25) is 0 Å². The van der Waals surface area contributed by atoms with Gasteiger partial charge in [0.1, 0.15) is 0 Å². The van der Waals surface area contributed by atoms with E-state index in [1.165, 1.54) is 31.5 Å². The summed E-state index contributed by atoms with van der Waals surface area (Å²) in [7, 11) is 0. The minimum Gasteiger partial charge on any atom is -0.315 e. The number of hydrogen-bond donors (Lipinski definition) is 1. The van der Waals surface area contributed by atoms with E-state index in [1.807, 2.05) is 0 Å². The first-order valence-electron chi connectivity index (χ1n) is 5.53. The van der Waals surface area contributed by atoms with Gasteiger partial charge in [-0.15, -0.1) is 0 Å². The van der Waals surface area contributed by atoms with Crippen LogP contribution in [0.5, 0.6) is 0 Å². The van der Waals surface area contributed by atoms with E-state index in [9.17, 15) is 0 Å². The van der Waals surface area contributed by atoms with E-state index >= 15 is 0 Å². The van der Waals surface area contributed by atoms with Crippen LogP contribution in [0.4, 0.5) is 0 Å². The van der Waals surface area contributed by atoms with Crippen molar-refractivity contribution in [2.24, 2.45) is 5.41 Å². The summed E-state index contributed by atoms with van der Waals surface area (Å²) in [6, 6.07) is 11.0. The first-order valence-corrected chi connectivity index (χ1v) is 5.53. The lowest BCUT2D eigenvalue weighted by Crippen LogP contribution is -2.69. The van der Waals surface area contributed by atoms with Gasteiger partial charge in [-0.2, -0.15) is 0 Å². The molecule has 3 rings (SSSR count). The molecule has 1 saturated carbocycles. The fraction of sp³-hybridized carbons (Fsp3) is 0.538. The van der Waals surface area contributed by atoms with Crippen LogP contribution in [0.1, 0.15) is 25.3 Å². The summed E-state index contributed by atoms with van der Waals surface area (Å²) in [6.45, 7) is 4.88. The average Bonchev–Trinajstić information content (AvgIpc) is 2.14. The molecule has 1 heterocycles. The molecule has 1 atom stereocenters. The van der Waals surface area contributed by atoms with E-state index in [4.69, 9.17) is 0 Å². The maximum absolute atomic E-state index is 3.43. The zero-order valence-electron chi connectivity index (χ0n) is 8.72. The molecule has 0 unspecified atom stereocenters. The third kappa shape index (κ3) is 0.838. The fourth-order valence-electron chi connectivity index (χ4n) is 3.10. The molecule has 1 nitrogen and oxygen atoms in total. The Morgan fingerprint density at radius 3 is 2.21 bits per heavy atom. The van der Waals surface area contributed by atoms with Gasteiger partial charge in [-0.1, -0.05) is 37.3 Å². The smallest absolute Gasteiger partial charge is 0.00469 e. The van der Waals surface area contributed by atoms with Crippen molar-refractivity contribution in [1.82, 2.24) is 5.32 Å². The van der Waals surface area contributed by atoms with Crippen molar-refractivity contribution in [2.45, 2.75) is 25.2 Å². The Hall–Kier alpha value is -0.820. The maximum atomic E-state index is 3.43. The Bertz CT molecular complexity index is 334. The third-order valence-corrected chi connectivity index (χ3v) is 4.61. The standard InChI is InChI=1S/C13H17N/c1-12(11-5-3-2-4-6-11)7-8-13(12)9-14-10-13/h2-6,14H,7-10H2,1H3/t12-/m0/s1. The normalized spacial score (nSPS) is 33.5. The molecule has 1 aliphatic heterocycles. The van der Waals surface area contributed by atoms with E-state index in [1.54, 1.807) is 0 Å². The molecule has 1 saturated heterocycles. The van der Waals surface area contributed by atoms with Crippen molar-refractivity contribution in [2.75, 3.05) is 13.1 Å². The summed E-state index contributed by atoms with van der Waals surface area (Å²) in [5, 5.41) is 3.43. The highest BCUT2D eigenvalue weighted by Gasteiger charge is 2.59. The van der Waals surface area contributed by atoms with E-state index < -0.39 is 0 Å². The quantitative estimate of drug-likeness (QED) is 0.711. The summed E-state index contributed by atoms with van der Waals surface area (Å²) in [5.41, 5.74) is 2.57. The number of benzene rings is 1. The Labute approximate surface area is 85.5 Å². The van der Waals surface area contributed by atoms with E-state index in [0.29, 0.717) is 10.8 Å². The van der Waals surface area contributed by atoms with E-state index in [2.05, 4.69) is 42.6 Å². The molecular weight excluding hydrogens is 170 g/mol. The molecule has 0 amide bonds. The highest BCUT2D eigenvalue weighted by atomic mass is 15.0. The predicted octanol–water partition coefficient (Wildman–Crippen LogP) is 2.33. The Kier molecular flexibility index (Phi) is 1.58. The monoisotopic (exact) mass is 187 g/mol. The summed E-state index contributed by atoms with van der Waals surface area (Å²) in [4.78, 5) is 0. The molecule has 1 N–H and O–H groups in total. The van der Waals surface area contributed by atoms with Gasteiger partial charge < -0.3 is 5.32 Å². The highest BCUT2D eigenvalue weighted by molar-refractivity contribution is 5.34. The van der Waals surface area contributed by atoms with Gasteiger partial charge in [-0.3, -0.25) is 0 Å². The lowest BCUT2D eigenvalue weighted by Gasteiger charge is -2.63. The van der Waals surface area contributed by atoms with Gasteiger partial charge in [0.15, 0.2) is 0 Å². The van der Waals surface area contributed by atoms with Crippen molar-refractivity contribution in [3.63, 3.8) is 0 Å². The van der Waals surface area contributed by atoms with Crippen LogP contribution in [0.3, 0.4) is 0 Å². The minimum atomic E-state index is 0.444. The molecule has 1 heteroatoms. The molecule has 14 heavy (non-hydrogen) atoms. The molecule has 0 aromatic heterocycles. The zero-order chi connectivity index (χ0) is 9.65. The van der Waals surface area contributed by atoms with Gasteiger partial charge in [0, 0.05) is 23.9 Å². The first kappa shape index (κ1) is 8.49. The fourth-order valence-corrected chi connectivity index (χ4v) is 3.10. The molecule has 1 aromatic carbocycles. The molecule has 0 radical (unpaired) electrons. The summed E-state index contributed by atoms with van der Waals surface area (Å²) < 4.78 is 0. The van der Waals surface area contributed by atoms with Crippen LogP contribution in [-0.2, 0) is 5.41 Å². The second kappa shape index (κ2) is 2.60. The number of nitrogens with one attached hydrogen (secondary N) is 1. The first-order chi connectivity index (χ1) is 6.77. The molecular formula is C13H17N. The summed E-state index contributed by atoms with van der Waals surface area (Å²) >= 11 is 0. The van der Waals surface area contributed by atoms with E-state index in [-0.39, 0.29) is 0 Å². The predicted molar refractivity (Wildman–Crippen MR) is 58.3 cm³/mol. The molecule has 2 fully saturated rings. The lowest BCUT2D eigenvalue weighted by atomic mass is 9.45. The average molecular weight is 187 g/mol. The van der Waals surface area contributed by atoms with Crippen LogP contribution in [-0.4, -0.2) is 13.1 Å². The second-order valence-electron chi connectivity index (χ2n) is 5.08. The largest absolute Gasteiger partial charge is 0.315 e. The summed E-state index contributed by atoms with van der Waals surface area (Å²) in [6.07, 6.45) is 2.77. The molecule has 1 aromatic rings. The van der Waals surface area contributed by atoms with Crippen molar-refractivity contribution in [3.8, 4) is 0 Å². The molecule has 1 aliphatic carbocycles. The SMILES string of the molecule is C[C@@]1(c2ccccc2)CCC12CNC2. The van der Waals surface area contributed by atoms with Crippen LogP contribution >= 0.6 is 0 Å². The summed E-state index contributed by atoms with van der Waals surface area (Å²) in [5.74, 6) is 0. The number of hydrogen-bond acceptors (Lipinski definition) is 1. The Morgan fingerprint density at radius 1 is 1.07 bits per heavy atom. The third-order valence-electron chi connectivity index (χ3n) is 4.61. The second-order valence-corrected chi connectivity index (χ2v) is 5.08. The van der Waals surface area contributed by atoms with Gasteiger partial charge in [0.25, 0.3) is 0 Å². The van der Waals surface area contributed by atoms with Crippen molar-refractivity contribution < 1.29 is 0 Å². The lowest BCUT2D eigenvalue weighted by molar-refractivity contribution is -0.0456.